The highest BCUT2D eigenvalue weighted by atomic mass is 16.5. The molecular weight excluding hydrogens is 326 g/mol. The number of benzene rings is 2. The number of carbonyl (C=O) groups is 1. The SMILES string of the molecule is O=C(NCC[C@@H]1CCCO1)[C@H](c1ccccc1)n1cnc2ccccc21. The zero-order valence-corrected chi connectivity index (χ0v) is 14.7. The maximum absolute atomic E-state index is 13.1. The van der Waals surface area contributed by atoms with Gasteiger partial charge in [-0.05, 0) is 37.0 Å². The number of hydrogen-bond donors (Lipinski definition) is 1. The zero-order chi connectivity index (χ0) is 17.8. The maximum Gasteiger partial charge on any atom is 0.247 e. The van der Waals surface area contributed by atoms with Crippen LogP contribution in [0.15, 0.2) is 60.9 Å². The molecule has 1 saturated heterocycles. The summed E-state index contributed by atoms with van der Waals surface area (Å²) in [6.45, 7) is 1.46. The molecule has 0 spiro atoms. The number of para-hydroxylation sites is 2. The van der Waals surface area contributed by atoms with Crippen molar-refractivity contribution in [2.45, 2.75) is 31.4 Å². The molecule has 1 aliphatic rings. The van der Waals surface area contributed by atoms with Crippen LogP contribution in [0.5, 0.6) is 0 Å². The molecule has 0 unspecified atom stereocenters. The van der Waals surface area contributed by atoms with Gasteiger partial charge in [0, 0.05) is 13.2 Å². The van der Waals surface area contributed by atoms with E-state index in [-0.39, 0.29) is 12.0 Å². The summed E-state index contributed by atoms with van der Waals surface area (Å²) < 4.78 is 7.59. The predicted octanol–water partition coefficient (Wildman–Crippen LogP) is 3.31. The van der Waals surface area contributed by atoms with E-state index in [0.717, 1.165) is 42.5 Å². The third kappa shape index (κ3) is 3.48. The molecule has 0 bridgehead atoms. The molecular formula is C21H23N3O2. The lowest BCUT2D eigenvalue weighted by Gasteiger charge is -2.20. The molecule has 1 amide bonds. The topological polar surface area (TPSA) is 56.1 Å². The van der Waals surface area contributed by atoms with Crippen LogP contribution in [0.1, 0.15) is 30.9 Å². The van der Waals surface area contributed by atoms with Crippen molar-refractivity contribution in [3.05, 3.63) is 66.5 Å². The average Bonchev–Trinajstić information content (AvgIpc) is 3.33. The molecule has 5 nitrogen and oxygen atoms in total. The van der Waals surface area contributed by atoms with Gasteiger partial charge >= 0.3 is 0 Å². The summed E-state index contributed by atoms with van der Waals surface area (Å²) in [5.41, 5.74) is 2.79. The van der Waals surface area contributed by atoms with Crippen LogP contribution in [0.25, 0.3) is 11.0 Å². The van der Waals surface area contributed by atoms with Crippen molar-refractivity contribution in [2.24, 2.45) is 0 Å². The Morgan fingerprint density at radius 3 is 2.81 bits per heavy atom. The van der Waals surface area contributed by atoms with Gasteiger partial charge in [-0.1, -0.05) is 42.5 Å². The molecule has 134 valence electrons. The third-order valence-electron chi connectivity index (χ3n) is 4.91. The largest absolute Gasteiger partial charge is 0.378 e. The molecule has 0 saturated carbocycles. The van der Waals surface area contributed by atoms with E-state index < -0.39 is 6.04 Å². The van der Waals surface area contributed by atoms with Gasteiger partial charge in [0.2, 0.25) is 5.91 Å². The van der Waals surface area contributed by atoms with Crippen LogP contribution in [0, 0.1) is 0 Å². The van der Waals surface area contributed by atoms with E-state index in [1.807, 2.05) is 59.2 Å². The van der Waals surface area contributed by atoms with Crippen LogP contribution in [0.3, 0.4) is 0 Å². The van der Waals surface area contributed by atoms with Gasteiger partial charge in [0.1, 0.15) is 6.04 Å². The molecule has 0 aliphatic carbocycles. The van der Waals surface area contributed by atoms with Crippen molar-refractivity contribution < 1.29 is 9.53 Å². The van der Waals surface area contributed by atoms with E-state index in [1.54, 1.807) is 6.33 Å². The van der Waals surface area contributed by atoms with Gasteiger partial charge in [-0.15, -0.1) is 0 Å². The lowest BCUT2D eigenvalue weighted by molar-refractivity contribution is -0.123. The Balaban J connectivity index is 1.58. The lowest BCUT2D eigenvalue weighted by Crippen LogP contribution is -2.34. The molecule has 4 rings (SSSR count). The first-order chi connectivity index (χ1) is 12.8. The van der Waals surface area contributed by atoms with E-state index in [2.05, 4.69) is 10.3 Å². The van der Waals surface area contributed by atoms with Gasteiger partial charge in [0.15, 0.2) is 0 Å². The highest BCUT2D eigenvalue weighted by Gasteiger charge is 2.24. The number of carbonyl (C=O) groups excluding carboxylic acids is 1. The van der Waals surface area contributed by atoms with Crippen molar-refractivity contribution >= 4 is 16.9 Å². The standard InChI is InChI=1S/C21H23N3O2/c25-21(22-13-12-17-9-6-14-26-17)20(16-7-2-1-3-8-16)24-15-23-18-10-4-5-11-19(18)24/h1-5,7-8,10-11,15,17,20H,6,9,12-14H2,(H,22,25)/t17-,20-/m0/s1. The van der Waals surface area contributed by atoms with Crippen LogP contribution in [0.2, 0.25) is 0 Å². The molecule has 2 aromatic carbocycles. The Labute approximate surface area is 153 Å². The van der Waals surface area contributed by atoms with Crippen LogP contribution in [-0.4, -0.2) is 34.7 Å². The van der Waals surface area contributed by atoms with Crippen LogP contribution < -0.4 is 5.32 Å². The minimum Gasteiger partial charge on any atom is -0.378 e. The van der Waals surface area contributed by atoms with Gasteiger partial charge in [-0.3, -0.25) is 4.79 Å². The number of hydrogen-bond acceptors (Lipinski definition) is 3. The van der Waals surface area contributed by atoms with Crippen LogP contribution >= 0.6 is 0 Å². The van der Waals surface area contributed by atoms with Crippen molar-refractivity contribution in [1.82, 2.24) is 14.9 Å². The van der Waals surface area contributed by atoms with E-state index in [4.69, 9.17) is 4.74 Å². The van der Waals surface area contributed by atoms with E-state index in [0.29, 0.717) is 6.54 Å². The molecule has 5 heteroatoms. The second kappa shape index (κ2) is 7.70. The maximum atomic E-state index is 13.1. The molecule has 1 N–H and O–H groups in total. The highest BCUT2D eigenvalue weighted by Crippen LogP contribution is 2.24. The summed E-state index contributed by atoms with van der Waals surface area (Å²) in [6.07, 6.45) is 5.09. The van der Waals surface area contributed by atoms with Crippen molar-refractivity contribution in [3.8, 4) is 0 Å². The summed E-state index contributed by atoms with van der Waals surface area (Å²) in [5.74, 6) is -0.0163. The molecule has 1 aromatic heterocycles. The fraction of sp³-hybridized carbons (Fsp3) is 0.333. The van der Waals surface area contributed by atoms with Crippen molar-refractivity contribution in [2.75, 3.05) is 13.2 Å². The summed E-state index contributed by atoms with van der Waals surface area (Å²) in [4.78, 5) is 17.5. The number of amides is 1. The second-order valence-corrected chi connectivity index (χ2v) is 6.67. The van der Waals surface area contributed by atoms with Gasteiger partial charge in [0.25, 0.3) is 0 Å². The monoisotopic (exact) mass is 349 g/mol. The number of aromatic nitrogens is 2. The quantitative estimate of drug-likeness (QED) is 0.743. The van der Waals surface area contributed by atoms with Crippen LogP contribution in [0.4, 0.5) is 0 Å². The molecule has 26 heavy (non-hydrogen) atoms. The van der Waals surface area contributed by atoms with Crippen LogP contribution in [-0.2, 0) is 9.53 Å². The number of fused-ring (bicyclic) bond motifs is 1. The predicted molar refractivity (Wildman–Crippen MR) is 101 cm³/mol. The Kier molecular flexibility index (Phi) is 4.97. The first kappa shape index (κ1) is 16.8. The van der Waals surface area contributed by atoms with Gasteiger partial charge in [-0.2, -0.15) is 0 Å². The number of imidazole rings is 1. The van der Waals surface area contributed by atoms with E-state index in [1.165, 1.54) is 0 Å². The van der Waals surface area contributed by atoms with Crippen molar-refractivity contribution in [1.29, 1.82) is 0 Å². The number of nitrogens with one attached hydrogen (secondary N) is 1. The fourth-order valence-electron chi connectivity index (χ4n) is 3.58. The summed E-state index contributed by atoms with van der Waals surface area (Å²) in [6, 6.07) is 17.3. The number of ether oxygens (including phenoxy) is 1. The molecule has 1 aliphatic heterocycles. The van der Waals surface area contributed by atoms with Gasteiger partial charge in [0.05, 0.1) is 23.5 Å². The minimum atomic E-state index is -0.437. The summed E-state index contributed by atoms with van der Waals surface area (Å²) in [5, 5.41) is 3.09. The van der Waals surface area contributed by atoms with Gasteiger partial charge < -0.3 is 14.6 Å². The fourth-order valence-corrected chi connectivity index (χ4v) is 3.58. The second-order valence-electron chi connectivity index (χ2n) is 6.67. The number of rotatable bonds is 6. The Hall–Kier alpha value is -2.66. The molecule has 2 atom stereocenters. The molecule has 0 radical (unpaired) electrons. The van der Waals surface area contributed by atoms with Gasteiger partial charge in [-0.25, -0.2) is 4.98 Å². The Morgan fingerprint density at radius 1 is 1.19 bits per heavy atom. The Bertz CT molecular complexity index is 869. The normalized spacial score (nSPS) is 18.1. The molecule has 3 aromatic rings. The highest BCUT2D eigenvalue weighted by molar-refractivity contribution is 5.86. The zero-order valence-electron chi connectivity index (χ0n) is 14.7. The smallest absolute Gasteiger partial charge is 0.247 e. The first-order valence-electron chi connectivity index (χ1n) is 9.19. The first-order valence-corrected chi connectivity index (χ1v) is 9.19. The summed E-state index contributed by atoms with van der Waals surface area (Å²) in [7, 11) is 0. The van der Waals surface area contributed by atoms with E-state index in [9.17, 15) is 4.79 Å². The molecule has 2 heterocycles. The number of nitrogens with zero attached hydrogens (tertiary/aromatic N) is 2. The third-order valence-corrected chi connectivity index (χ3v) is 4.91. The van der Waals surface area contributed by atoms with Crippen molar-refractivity contribution in [3.63, 3.8) is 0 Å². The average molecular weight is 349 g/mol. The van der Waals surface area contributed by atoms with E-state index >= 15 is 0 Å². The molecule has 1 fully saturated rings. The Morgan fingerprint density at radius 2 is 2.00 bits per heavy atom. The summed E-state index contributed by atoms with van der Waals surface area (Å²) >= 11 is 0. The minimum absolute atomic E-state index is 0.0163. The lowest BCUT2D eigenvalue weighted by atomic mass is 10.1.